The quantitative estimate of drug-likeness (QED) is 0.924. The number of pyridine rings is 1. The molecule has 1 N–H and O–H groups in total. The highest BCUT2D eigenvalue weighted by atomic mass is 19.4. The molecule has 0 saturated carbocycles. The van der Waals surface area contributed by atoms with Crippen molar-refractivity contribution in [3.63, 3.8) is 0 Å². The first kappa shape index (κ1) is 15.5. The number of benzene rings is 1. The molecule has 1 atom stereocenters. The third kappa shape index (κ3) is 4.04. The molecule has 2 rings (SSSR count). The predicted molar refractivity (Wildman–Crippen MR) is 75.9 cm³/mol. The van der Waals surface area contributed by atoms with Crippen LogP contribution in [0.1, 0.15) is 28.4 Å². The topological polar surface area (TPSA) is 24.9 Å². The van der Waals surface area contributed by atoms with Crippen molar-refractivity contribution in [1.82, 2.24) is 10.3 Å². The normalized spacial score (nSPS) is 13.2. The van der Waals surface area contributed by atoms with Crippen molar-refractivity contribution < 1.29 is 13.2 Å². The van der Waals surface area contributed by atoms with Crippen molar-refractivity contribution in [1.29, 1.82) is 0 Å². The van der Waals surface area contributed by atoms with Crippen LogP contribution in [0.3, 0.4) is 0 Å². The molecule has 1 unspecified atom stereocenters. The van der Waals surface area contributed by atoms with E-state index >= 15 is 0 Å². The molecule has 5 heteroatoms. The second-order valence-corrected chi connectivity index (χ2v) is 5.00. The lowest BCUT2D eigenvalue weighted by atomic mass is 10.00. The number of halogens is 3. The standard InChI is InChI=1S/C16H17F3N2/c1-11-6-7-21-15(8-11)14(20-2)10-12-4-3-5-13(9-12)16(17,18)19/h3-9,14,20H,10H2,1-2H3. The molecule has 0 aliphatic carbocycles. The predicted octanol–water partition coefficient (Wildman–Crippen LogP) is 3.91. The van der Waals surface area contributed by atoms with Crippen LogP contribution in [0.5, 0.6) is 0 Å². The number of rotatable bonds is 4. The Morgan fingerprint density at radius 2 is 1.95 bits per heavy atom. The Kier molecular flexibility index (Phi) is 4.63. The van der Waals surface area contributed by atoms with Gasteiger partial charge in [0.15, 0.2) is 0 Å². The van der Waals surface area contributed by atoms with Crippen molar-refractivity contribution >= 4 is 0 Å². The van der Waals surface area contributed by atoms with Crippen molar-refractivity contribution in [3.05, 3.63) is 65.0 Å². The average Bonchev–Trinajstić information content (AvgIpc) is 2.44. The first-order valence-corrected chi connectivity index (χ1v) is 6.66. The van der Waals surface area contributed by atoms with E-state index in [-0.39, 0.29) is 6.04 Å². The van der Waals surface area contributed by atoms with Crippen molar-refractivity contribution in [2.45, 2.75) is 25.6 Å². The Balaban J connectivity index is 2.23. The largest absolute Gasteiger partial charge is 0.416 e. The minimum atomic E-state index is -4.31. The zero-order valence-corrected chi connectivity index (χ0v) is 11.9. The Morgan fingerprint density at radius 1 is 1.19 bits per heavy atom. The zero-order valence-electron chi connectivity index (χ0n) is 11.9. The molecule has 2 aromatic rings. The zero-order chi connectivity index (χ0) is 15.5. The second kappa shape index (κ2) is 6.26. The van der Waals surface area contributed by atoms with Gasteiger partial charge in [-0.25, -0.2) is 0 Å². The highest BCUT2D eigenvalue weighted by molar-refractivity contribution is 5.28. The van der Waals surface area contributed by atoms with Gasteiger partial charge in [-0.15, -0.1) is 0 Å². The summed E-state index contributed by atoms with van der Waals surface area (Å²) in [5.74, 6) is 0. The fourth-order valence-corrected chi connectivity index (χ4v) is 2.21. The Labute approximate surface area is 122 Å². The third-order valence-corrected chi connectivity index (χ3v) is 3.34. The third-order valence-electron chi connectivity index (χ3n) is 3.34. The van der Waals surface area contributed by atoms with Crippen LogP contribution in [0.2, 0.25) is 0 Å². The lowest BCUT2D eigenvalue weighted by molar-refractivity contribution is -0.137. The maximum absolute atomic E-state index is 12.7. The SMILES string of the molecule is CNC(Cc1cccc(C(F)(F)F)c1)c1cc(C)ccn1. The number of alkyl halides is 3. The lowest BCUT2D eigenvalue weighted by Gasteiger charge is -2.17. The van der Waals surface area contributed by atoms with Gasteiger partial charge in [-0.2, -0.15) is 13.2 Å². The van der Waals surface area contributed by atoms with Crippen molar-refractivity contribution in [2.24, 2.45) is 0 Å². The molecule has 0 radical (unpaired) electrons. The van der Waals surface area contributed by atoms with Crippen LogP contribution in [0.15, 0.2) is 42.6 Å². The number of nitrogens with zero attached hydrogens (tertiary/aromatic N) is 1. The molecule has 0 aliphatic heterocycles. The van der Waals surface area contributed by atoms with Gasteiger partial charge in [-0.3, -0.25) is 4.98 Å². The van der Waals surface area contributed by atoms with Crippen LogP contribution in [0.4, 0.5) is 13.2 Å². The summed E-state index contributed by atoms with van der Waals surface area (Å²) in [6, 6.07) is 9.13. The first-order chi connectivity index (χ1) is 9.90. The summed E-state index contributed by atoms with van der Waals surface area (Å²) < 4.78 is 38.2. The molecule has 112 valence electrons. The van der Waals surface area contributed by atoms with Crippen LogP contribution < -0.4 is 5.32 Å². The molecule has 0 fully saturated rings. The van der Waals surface area contributed by atoms with Gasteiger partial charge in [0.25, 0.3) is 0 Å². The van der Waals surface area contributed by atoms with E-state index in [4.69, 9.17) is 0 Å². The van der Waals surface area contributed by atoms with E-state index in [1.807, 2.05) is 19.1 Å². The fourth-order valence-electron chi connectivity index (χ4n) is 2.21. The van der Waals surface area contributed by atoms with E-state index in [2.05, 4.69) is 10.3 Å². The first-order valence-electron chi connectivity index (χ1n) is 6.66. The molecule has 1 aromatic heterocycles. The summed E-state index contributed by atoms with van der Waals surface area (Å²) in [5, 5.41) is 3.11. The highest BCUT2D eigenvalue weighted by Gasteiger charge is 2.30. The maximum Gasteiger partial charge on any atom is 0.416 e. The summed E-state index contributed by atoms with van der Waals surface area (Å²) in [6.07, 6.45) is -2.15. The smallest absolute Gasteiger partial charge is 0.311 e. The van der Waals surface area contributed by atoms with Gasteiger partial charge in [0, 0.05) is 6.20 Å². The summed E-state index contributed by atoms with van der Waals surface area (Å²) >= 11 is 0. The second-order valence-electron chi connectivity index (χ2n) is 5.00. The molecule has 1 aromatic carbocycles. The summed E-state index contributed by atoms with van der Waals surface area (Å²) in [4.78, 5) is 4.29. The minimum Gasteiger partial charge on any atom is -0.311 e. The monoisotopic (exact) mass is 294 g/mol. The Morgan fingerprint density at radius 3 is 2.57 bits per heavy atom. The number of aryl methyl sites for hydroxylation is 1. The molecule has 0 spiro atoms. The van der Waals surface area contributed by atoms with Gasteiger partial charge in [0.2, 0.25) is 0 Å². The number of nitrogens with one attached hydrogen (secondary N) is 1. The summed E-state index contributed by atoms with van der Waals surface area (Å²) in [5.41, 5.74) is 1.92. The lowest BCUT2D eigenvalue weighted by Crippen LogP contribution is -2.20. The molecule has 0 bridgehead atoms. The van der Waals surface area contributed by atoms with Gasteiger partial charge in [-0.05, 0) is 49.7 Å². The van der Waals surface area contributed by atoms with Crippen LogP contribution in [-0.4, -0.2) is 12.0 Å². The van der Waals surface area contributed by atoms with Gasteiger partial charge in [0.1, 0.15) is 0 Å². The highest BCUT2D eigenvalue weighted by Crippen LogP contribution is 2.30. The Hall–Kier alpha value is -1.88. The van der Waals surface area contributed by atoms with E-state index in [1.54, 1.807) is 19.3 Å². The number of hydrogen-bond acceptors (Lipinski definition) is 2. The van der Waals surface area contributed by atoms with Gasteiger partial charge >= 0.3 is 6.18 Å². The summed E-state index contributed by atoms with van der Waals surface area (Å²) in [7, 11) is 1.78. The molecular weight excluding hydrogens is 277 g/mol. The van der Waals surface area contributed by atoms with Gasteiger partial charge in [-0.1, -0.05) is 18.2 Å². The fraction of sp³-hybridized carbons (Fsp3) is 0.312. The number of aromatic nitrogens is 1. The van der Waals surface area contributed by atoms with Crippen LogP contribution in [0, 0.1) is 6.92 Å². The molecule has 1 heterocycles. The van der Waals surface area contributed by atoms with Crippen LogP contribution in [-0.2, 0) is 12.6 Å². The Bertz CT molecular complexity index is 608. The van der Waals surface area contributed by atoms with Gasteiger partial charge < -0.3 is 5.32 Å². The average molecular weight is 294 g/mol. The molecule has 21 heavy (non-hydrogen) atoms. The number of likely N-dealkylation sites (N-methyl/N-ethyl adjacent to an activating group) is 1. The van der Waals surface area contributed by atoms with E-state index in [9.17, 15) is 13.2 Å². The van der Waals surface area contributed by atoms with E-state index in [1.165, 1.54) is 12.1 Å². The maximum atomic E-state index is 12.7. The van der Waals surface area contributed by atoms with E-state index in [0.717, 1.165) is 17.3 Å². The van der Waals surface area contributed by atoms with Crippen LogP contribution >= 0.6 is 0 Å². The summed E-state index contributed by atoms with van der Waals surface area (Å²) in [6.45, 7) is 1.96. The van der Waals surface area contributed by atoms with Crippen molar-refractivity contribution in [2.75, 3.05) is 7.05 Å². The molecule has 0 aliphatic rings. The van der Waals surface area contributed by atoms with E-state index < -0.39 is 11.7 Å². The van der Waals surface area contributed by atoms with E-state index in [0.29, 0.717) is 12.0 Å². The van der Waals surface area contributed by atoms with Crippen molar-refractivity contribution in [3.8, 4) is 0 Å². The number of hydrogen-bond donors (Lipinski definition) is 1. The molecule has 0 amide bonds. The molecule has 2 nitrogen and oxygen atoms in total. The molecular formula is C16H17F3N2. The van der Waals surface area contributed by atoms with Gasteiger partial charge in [0.05, 0.1) is 17.3 Å². The van der Waals surface area contributed by atoms with Crippen LogP contribution in [0.25, 0.3) is 0 Å². The molecule has 0 saturated heterocycles. The minimum absolute atomic E-state index is 0.117.